The fourth-order valence-corrected chi connectivity index (χ4v) is 6.36. The van der Waals surface area contributed by atoms with Gasteiger partial charge in [0.05, 0.1) is 23.7 Å². The molecule has 136 valence electrons. The molecule has 0 aromatic heterocycles. The van der Waals surface area contributed by atoms with Gasteiger partial charge in [-0.15, -0.1) is 0 Å². The van der Waals surface area contributed by atoms with Crippen molar-refractivity contribution in [3.8, 4) is 0 Å². The monoisotopic (exact) mass is 338 g/mol. The van der Waals surface area contributed by atoms with Gasteiger partial charge in [0.1, 0.15) is 0 Å². The van der Waals surface area contributed by atoms with Crippen LogP contribution in [0.4, 0.5) is 0 Å². The lowest BCUT2D eigenvalue weighted by molar-refractivity contribution is -0.399. The van der Waals surface area contributed by atoms with Gasteiger partial charge in [0.15, 0.2) is 0 Å². The second-order valence-corrected chi connectivity index (χ2v) is 9.21. The molecule has 5 heteroatoms. The molecule has 0 amide bonds. The van der Waals surface area contributed by atoms with Gasteiger partial charge in [-0.05, 0) is 38.0 Å². The first-order chi connectivity index (χ1) is 11.2. The van der Waals surface area contributed by atoms with Crippen LogP contribution >= 0.6 is 0 Å². The van der Waals surface area contributed by atoms with Gasteiger partial charge in [-0.1, -0.05) is 20.8 Å². The van der Waals surface area contributed by atoms with Crippen molar-refractivity contribution in [2.75, 3.05) is 0 Å². The normalized spacial score (nSPS) is 56.6. The minimum atomic E-state index is -0.869. The van der Waals surface area contributed by atoms with Crippen molar-refractivity contribution in [3.05, 3.63) is 0 Å². The Morgan fingerprint density at radius 2 is 1.92 bits per heavy atom. The van der Waals surface area contributed by atoms with Gasteiger partial charge in [-0.2, -0.15) is 0 Å². The Hall–Kier alpha value is -0.650. The fourth-order valence-electron chi connectivity index (χ4n) is 6.36. The summed E-state index contributed by atoms with van der Waals surface area (Å²) in [6.07, 6.45) is 1.92. The number of carbonyl (C=O) groups is 1. The Morgan fingerprint density at radius 1 is 1.21 bits per heavy atom. The number of esters is 1. The molecule has 1 heterocycles. The molecule has 3 aliphatic carbocycles. The summed E-state index contributed by atoms with van der Waals surface area (Å²) in [4.78, 5) is 12.9. The van der Waals surface area contributed by atoms with Gasteiger partial charge < -0.3 is 19.7 Å². The maximum absolute atomic E-state index is 12.9. The molecule has 1 saturated heterocycles. The molecule has 2 N–H and O–H groups in total. The Labute approximate surface area is 143 Å². The first-order valence-corrected chi connectivity index (χ1v) is 9.49. The third kappa shape index (κ3) is 2.01. The van der Waals surface area contributed by atoms with Crippen molar-refractivity contribution in [2.24, 2.45) is 35.5 Å². The predicted molar refractivity (Wildman–Crippen MR) is 86.8 cm³/mol. The van der Waals surface area contributed by atoms with Crippen LogP contribution in [0.1, 0.15) is 53.4 Å². The number of ether oxygens (including phenoxy) is 2. The van der Waals surface area contributed by atoms with Crippen molar-refractivity contribution in [2.45, 2.75) is 77.0 Å². The molecule has 4 aliphatic rings. The molecule has 5 nitrogen and oxygen atoms in total. The zero-order valence-corrected chi connectivity index (χ0v) is 15.1. The zero-order valence-electron chi connectivity index (χ0n) is 15.1. The van der Waals surface area contributed by atoms with Crippen LogP contribution in [0.3, 0.4) is 0 Å². The van der Waals surface area contributed by atoms with E-state index in [-0.39, 0.29) is 23.7 Å². The molecule has 1 spiro atoms. The average Bonchev–Trinajstić information content (AvgIpc) is 2.68. The van der Waals surface area contributed by atoms with E-state index in [1.807, 2.05) is 6.92 Å². The van der Waals surface area contributed by atoms with Crippen molar-refractivity contribution < 1.29 is 24.5 Å². The number of aliphatic hydroxyl groups is 2. The molecule has 4 fully saturated rings. The lowest BCUT2D eigenvalue weighted by Gasteiger charge is -2.64. The number of rotatable bonds is 1. The molecule has 1 aliphatic heterocycles. The summed E-state index contributed by atoms with van der Waals surface area (Å²) in [5, 5.41) is 20.6. The maximum atomic E-state index is 12.9. The second-order valence-electron chi connectivity index (χ2n) is 9.21. The van der Waals surface area contributed by atoms with Crippen LogP contribution in [-0.4, -0.2) is 39.8 Å². The summed E-state index contributed by atoms with van der Waals surface area (Å²) in [7, 11) is 0. The van der Waals surface area contributed by atoms with E-state index in [1.54, 1.807) is 0 Å². The minimum Gasteiger partial charge on any atom is -0.432 e. The molecule has 4 rings (SSSR count). The van der Waals surface area contributed by atoms with E-state index in [4.69, 9.17) is 9.47 Å². The SMILES string of the molecule is CC1CCC(C(C)C)C2(C1)OC(=O)C1C3C(O)CC(O)C3C1(C)O2. The molecule has 9 atom stereocenters. The highest BCUT2D eigenvalue weighted by Gasteiger charge is 2.75. The Morgan fingerprint density at radius 3 is 2.58 bits per heavy atom. The van der Waals surface area contributed by atoms with Crippen molar-refractivity contribution >= 4 is 5.97 Å². The lowest BCUT2D eigenvalue weighted by atomic mass is 9.53. The zero-order chi connectivity index (χ0) is 17.4. The van der Waals surface area contributed by atoms with Gasteiger partial charge in [0, 0.05) is 24.2 Å². The summed E-state index contributed by atoms with van der Waals surface area (Å²) < 4.78 is 12.6. The van der Waals surface area contributed by atoms with Gasteiger partial charge in [-0.3, -0.25) is 4.79 Å². The van der Waals surface area contributed by atoms with Crippen molar-refractivity contribution in [1.82, 2.24) is 0 Å². The Balaban J connectivity index is 1.70. The molecule has 0 radical (unpaired) electrons. The predicted octanol–water partition coefficient (Wildman–Crippen LogP) is 2.09. The van der Waals surface area contributed by atoms with Crippen LogP contribution in [0.2, 0.25) is 0 Å². The summed E-state index contributed by atoms with van der Waals surface area (Å²) in [6, 6.07) is 0. The van der Waals surface area contributed by atoms with Gasteiger partial charge in [0.2, 0.25) is 5.79 Å². The highest BCUT2D eigenvalue weighted by molar-refractivity contribution is 5.78. The van der Waals surface area contributed by atoms with Crippen LogP contribution in [-0.2, 0) is 14.3 Å². The minimum absolute atomic E-state index is 0.174. The van der Waals surface area contributed by atoms with Crippen molar-refractivity contribution in [3.63, 3.8) is 0 Å². The summed E-state index contributed by atoms with van der Waals surface area (Å²) in [5.74, 6) is -0.975. The first-order valence-electron chi connectivity index (χ1n) is 9.49. The maximum Gasteiger partial charge on any atom is 0.314 e. The van der Waals surface area contributed by atoms with Gasteiger partial charge in [0.25, 0.3) is 0 Å². The number of carbonyl (C=O) groups excluding carboxylic acids is 1. The Bertz CT molecular complexity index is 548. The largest absolute Gasteiger partial charge is 0.432 e. The highest BCUT2D eigenvalue weighted by Crippen LogP contribution is 2.65. The molecule has 24 heavy (non-hydrogen) atoms. The van der Waals surface area contributed by atoms with E-state index in [1.165, 1.54) is 0 Å². The molecule has 0 bridgehead atoms. The number of fused-ring (bicyclic) bond motifs is 4. The lowest BCUT2D eigenvalue weighted by Crippen LogP contribution is -2.75. The topological polar surface area (TPSA) is 76.0 Å². The second kappa shape index (κ2) is 5.18. The van der Waals surface area contributed by atoms with Crippen LogP contribution in [0, 0.1) is 35.5 Å². The van der Waals surface area contributed by atoms with Crippen LogP contribution in [0.15, 0.2) is 0 Å². The highest BCUT2D eigenvalue weighted by atomic mass is 16.7. The van der Waals surface area contributed by atoms with E-state index < -0.39 is 29.5 Å². The van der Waals surface area contributed by atoms with E-state index in [0.717, 1.165) is 19.3 Å². The standard InChI is InChI=1S/C19H30O5/c1-9(2)11-6-5-10(3)8-19(11)23-17(22)16-14-12(20)7-13(21)15(14)18(16,4)24-19/h9-16,20-21H,5-8H2,1-4H3. The number of aliphatic hydroxyl groups excluding tert-OH is 2. The van der Waals surface area contributed by atoms with Crippen LogP contribution in [0.25, 0.3) is 0 Å². The molecule has 3 saturated carbocycles. The third-order valence-electron chi connectivity index (χ3n) is 7.31. The Kier molecular flexibility index (Phi) is 3.63. The smallest absolute Gasteiger partial charge is 0.314 e. The van der Waals surface area contributed by atoms with Crippen molar-refractivity contribution in [1.29, 1.82) is 0 Å². The molecule has 0 aromatic rings. The number of hydrogen-bond donors (Lipinski definition) is 2. The first kappa shape index (κ1) is 16.8. The van der Waals surface area contributed by atoms with E-state index >= 15 is 0 Å². The van der Waals surface area contributed by atoms with Gasteiger partial charge >= 0.3 is 5.97 Å². The molecular weight excluding hydrogens is 308 g/mol. The summed E-state index contributed by atoms with van der Waals surface area (Å²) in [5.41, 5.74) is -0.721. The summed E-state index contributed by atoms with van der Waals surface area (Å²) >= 11 is 0. The van der Waals surface area contributed by atoms with E-state index in [9.17, 15) is 15.0 Å². The number of hydrogen-bond acceptors (Lipinski definition) is 5. The molecular formula is C19H30O5. The summed E-state index contributed by atoms with van der Waals surface area (Å²) in [6.45, 7) is 8.44. The van der Waals surface area contributed by atoms with E-state index in [0.29, 0.717) is 18.3 Å². The fraction of sp³-hybridized carbons (Fsp3) is 0.947. The van der Waals surface area contributed by atoms with Gasteiger partial charge in [-0.25, -0.2) is 0 Å². The molecule has 0 aromatic carbocycles. The average molecular weight is 338 g/mol. The van der Waals surface area contributed by atoms with Crippen LogP contribution < -0.4 is 0 Å². The van der Waals surface area contributed by atoms with Crippen LogP contribution in [0.5, 0.6) is 0 Å². The molecule has 9 unspecified atom stereocenters. The quantitative estimate of drug-likeness (QED) is 0.716. The van der Waals surface area contributed by atoms with E-state index in [2.05, 4.69) is 20.8 Å². The third-order valence-corrected chi connectivity index (χ3v) is 7.31.